The van der Waals surface area contributed by atoms with Crippen LogP contribution in [-0.4, -0.2) is 40.7 Å². The number of carbonyl (C=O) groups excluding carboxylic acids is 4. The molecule has 0 bridgehead atoms. The van der Waals surface area contributed by atoms with Crippen LogP contribution >= 0.6 is 0 Å². The maximum atomic E-state index is 14.1. The average molecular weight is 516 g/mol. The van der Waals surface area contributed by atoms with E-state index in [1.54, 1.807) is 6.08 Å². The number of hydrogen-bond acceptors (Lipinski definition) is 4. The van der Waals surface area contributed by atoms with Crippen LogP contribution in [0.25, 0.3) is 0 Å². The number of likely N-dealkylation sites (tertiary alicyclic amines) is 1. The van der Waals surface area contributed by atoms with Crippen LogP contribution in [0.5, 0.6) is 0 Å². The molecule has 1 aliphatic heterocycles. The van der Waals surface area contributed by atoms with Gasteiger partial charge < -0.3 is 4.90 Å². The molecule has 2 aliphatic rings. The predicted molar refractivity (Wildman–Crippen MR) is 150 cm³/mol. The summed E-state index contributed by atoms with van der Waals surface area (Å²) in [6, 6.07) is -0.490. The topological polar surface area (TPSA) is 71.5 Å². The number of amides is 1. The Bertz CT molecular complexity index is 872. The molecule has 1 amide bonds. The zero-order valence-corrected chi connectivity index (χ0v) is 25.1. The molecule has 0 aromatic carbocycles. The first-order chi connectivity index (χ1) is 17.0. The summed E-state index contributed by atoms with van der Waals surface area (Å²) < 4.78 is 0. The zero-order valence-electron chi connectivity index (χ0n) is 25.1. The summed E-state index contributed by atoms with van der Waals surface area (Å²) in [4.78, 5) is 55.2. The molecule has 2 fully saturated rings. The van der Waals surface area contributed by atoms with E-state index >= 15 is 0 Å². The maximum Gasteiger partial charge on any atom is 0.226 e. The molecule has 1 aliphatic carbocycles. The summed E-state index contributed by atoms with van der Waals surface area (Å²) in [6.45, 7) is 23.6. The van der Waals surface area contributed by atoms with Gasteiger partial charge in [0.15, 0.2) is 11.6 Å². The second-order valence-electron chi connectivity index (χ2n) is 14.5. The van der Waals surface area contributed by atoms with Gasteiger partial charge in [-0.05, 0) is 53.8 Å². The highest BCUT2D eigenvalue weighted by atomic mass is 16.2. The average Bonchev–Trinajstić information content (AvgIpc) is 3.10. The summed E-state index contributed by atoms with van der Waals surface area (Å²) in [5, 5.41) is 0. The number of piperidine rings is 1. The van der Waals surface area contributed by atoms with Crippen LogP contribution in [0.15, 0.2) is 12.7 Å². The van der Waals surface area contributed by atoms with E-state index in [4.69, 9.17) is 0 Å². The molecule has 0 aromatic rings. The Morgan fingerprint density at radius 1 is 1.05 bits per heavy atom. The molecule has 1 saturated heterocycles. The fourth-order valence-electron chi connectivity index (χ4n) is 6.47. The first-order valence-corrected chi connectivity index (χ1v) is 14.5. The molecule has 1 heterocycles. The minimum absolute atomic E-state index is 0.0185. The number of nitrogens with zero attached hydrogens (tertiary/aromatic N) is 1. The number of hydrogen-bond donors (Lipinski definition) is 0. The quantitative estimate of drug-likeness (QED) is 0.188. The molecular formula is C32H53NO4. The molecule has 1 saturated carbocycles. The van der Waals surface area contributed by atoms with Crippen molar-refractivity contribution in [3.8, 4) is 0 Å². The molecule has 5 nitrogen and oxygen atoms in total. The summed E-state index contributed by atoms with van der Waals surface area (Å²) in [7, 11) is 0. The Kier molecular flexibility index (Phi) is 10.2. The SMILES string of the molecule is C=CCCC(=O)C(=O)C(CCC)CC(=O)C1C2C(CN1C(=O)C(CCCC(C)(C)C)C(C)(C)C)C2(C)C. The summed E-state index contributed by atoms with van der Waals surface area (Å²) in [6.07, 6.45) is 6.36. The standard InChI is InChI=1S/C32H53NO4/c1-11-13-17-24(34)28(36)21(15-12-2)19-25(35)27-26-23(32(26,9)10)20-33(27)29(37)22(31(6,7)8)16-14-18-30(3,4)5/h11,21-23,26-27H,1,12-20H2,2-10H3. The molecular weight excluding hydrogens is 462 g/mol. The van der Waals surface area contributed by atoms with Crippen LogP contribution in [0.2, 0.25) is 0 Å². The Balaban J connectivity index is 2.25. The third kappa shape index (κ3) is 7.63. The van der Waals surface area contributed by atoms with Crippen molar-refractivity contribution < 1.29 is 19.2 Å². The van der Waals surface area contributed by atoms with E-state index in [0.717, 1.165) is 25.7 Å². The summed E-state index contributed by atoms with van der Waals surface area (Å²) >= 11 is 0. The van der Waals surface area contributed by atoms with E-state index in [-0.39, 0.29) is 52.6 Å². The van der Waals surface area contributed by atoms with Gasteiger partial charge in [0.1, 0.15) is 0 Å². The Labute approximate surface area is 226 Å². The van der Waals surface area contributed by atoms with Crippen molar-refractivity contribution in [1.82, 2.24) is 4.90 Å². The normalized spacial score (nSPS) is 24.2. The highest BCUT2D eigenvalue weighted by Crippen LogP contribution is 2.65. The number of allylic oxidation sites excluding steroid dienone is 1. The van der Waals surface area contributed by atoms with Gasteiger partial charge in [0.05, 0.1) is 6.04 Å². The fourth-order valence-corrected chi connectivity index (χ4v) is 6.47. The van der Waals surface area contributed by atoms with Gasteiger partial charge in [0, 0.05) is 31.2 Å². The maximum absolute atomic E-state index is 14.1. The minimum atomic E-state index is -0.599. The van der Waals surface area contributed by atoms with Crippen LogP contribution in [0, 0.1) is 39.9 Å². The molecule has 5 heteroatoms. The molecule has 5 unspecified atom stereocenters. The fraction of sp³-hybridized carbons (Fsp3) is 0.812. The van der Waals surface area contributed by atoms with Crippen molar-refractivity contribution in [3.63, 3.8) is 0 Å². The molecule has 0 spiro atoms. The third-order valence-corrected chi connectivity index (χ3v) is 8.89. The van der Waals surface area contributed by atoms with Gasteiger partial charge in [-0.2, -0.15) is 0 Å². The highest BCUT2D eigenvalue weighted by molar-refractivity contribution is 6.38. The van der Waals surface area contributed by atoms with Crippen molar-refractivity contribution in [2.45, 2.75) is 120 Å². The smallest absolute Gasteiger partial charge is 0.226 e. The molecule has 0 N–H and O–H groups in total. The van der Waals surface area contributed by atoms with E-state index < -0.39 is 23.5 Å². The summed E-state index contributed by atoms with van der Waals surface area (Å²) in [5.41, 5.74) is 0.0287. The lowest BCUT2D eigenvalue weighted by Crippen LogP contribution is -2.50. The van der Waals surface area contributed by atoms with Crippen LogP contribution in [-0.2, 0) is 19.2 Å². The largest absolute Gasteiger partial charge is 0.332 e. The lowest BCUT2D eigenvalue weighted by molar-refractivity contribution is -0.147. The van der Waals surface area contributed by atoms with Crippen molar-refractivity contribution in [3.05, 3.63) is 12.7 Å². The Hall–Kier alpha value is -1.78. The first-order valence-electron chi connectivity index (χ1n) is 14.5. The lowest BCUT2D eigenvalue weighted by atomic mass is 9.75. The third-order valence-electron chi connectivity index (χ3n) is 8.89. The minimum Gasteiger partial charge on any atom is -0.332 e. The summed E-state index contributed by atoms with van der Waals surface area (Å²) in [5.74, 6) is -1.11. The monoisotopic (exact) mass is 515 g/mol. The van der Waals surface area contributed by atoms with E-state index in [0.29, 0.717) is 25.3 Å². The van der Waals surface area contributed by atoms with Gasteiger partial charge >= 0.3 is 0 Å². The lowest BCUT2D eigenvalue weighted by Gasteiger charge is -2.38. The van der Waals surface area contributed by atoms with Crippen LogP contribution in [0.4, 0.5) is 0 Å². The van der Waals surface area contributed by atoms with Gasteiger partial charge in [0.2, 0.25) is 11.7 Å². The number of Topliss-reactive ketones (excluding diaryl/α,β-unsaturated/α-hetero) is 3. The van der Waals surface area contributed by atoms with Gasteiger partial charge in [-0.25, -0.2) is 0 Å². The van der Waals surface area contributed by atoms with Crippen molar-refractivity contribution in [1.29, 1.82) is 0 Å². The number of fused-ring (bicyclic) bond motifs is 1. The molecule has 5 atom stereocenters. The Morgan fingerprint density at radius 3 is 2.19 bits per heavy atom. The van der Waals surface area contributed by atoms with Crippen LogP contribution < -0.4 is 0 Å². The first kappa shape index (κ1) is 31.4. The molecule has 0 aromatic heterocycles. The number of rotatable bonds is 14. The van der Waals surface area contributed by atoms with Crippen molar-refractivity contribution in [2.75, 3.05) is 6.54 Å². The van der Waals surface area contributed by atoms with E-state index in [2.05, 4.69) is 62.0 Å². The van der Waals surface area contributed by atoms with E-state index in [1.165, 1.54) is 0 Å². The molecule has 210 valence electrons. The second kappa shape index (κ2) is 11.9. The second-order valence-corrected chi connectivity index (χ2v) is 14.5. The van der Waals surface area contributed by atoms with Crippen molar-refractivity contribution >= 4 is 23.3 Å². The molecule has 0 radical (unpaired) electrons. The van der Waals surface area contributed by atoms with Gasteiger partial charge in [0.25, 0.3) is 0 Å². The van der Waals surface area contributed by atoms with Gasteiger partial charge in [-0.3, -0.25) is 19.2 Å². The van der Waals surface area contributed by atoms with Crippen LogP contribution in [0.3, 0.4) is 0 Å². The van der Waals surface area contributed by atoms with Gasteiger partial charge in [-0.15, -0.1) is 6.58 Å². The predicted octanol–water partition coefficient (Wildman–Crippen LogP) is 6.83. The van der Waals surface area contributed by atoms with Gasteiger partial charge in [-0.1, -0.05) is 81.2 Å². The molecule has 2 rings (SSSR count). The van der Waals surface area contributed by atoms with E-state index in [9.17, 15) is 19.2 Å². The highest BCUT2D eigenvalue weighted by Gasteiger charge is 2.69. The molecule has 37 heavy (non-hydrogen) atoms. The number of ketones is 3. The van der Waals surface area contributed by atoms with Crippen LogP contribution in [0.1, 0.15) is 114 Å². The number of carbonyl (C=O) groups is 4. The Morgan fingerprint density at radius 2 is 1.68 bits per heavy atom. The zero-order chi connectivity index (χ0) is 28.3. The van der Waals surface area contributed by atoms with E-state index in [1.807, 2.05) is 11.8 Å². The van der Waals surface area contributed by atoms with Crippen molar-refractivity contribution in [2.24, 2.45) is 39.9 Å².